The minimum absolute atomic E-state index is 0.0456. The van der Waals surface area contributed by atoms with Crippen molar-refractivity contribution in [1.82, 2.24) is 16.0 Å². The van der Waals surface area contributed by atoms with Crippen LogP contribution >= 0.6 is 0 Å². The highest BCUT2D eigenvalue weighted by Gasteiger charge is 2.25. The van der Waals surface area contributed by atoms with Gasteiger partial charge in [0.1, 0.15) is 6.04 Å². The summed E-state index contributed by atoms with van der Waals surface area (Å²) in [5, 5.41) is 8.46. The van der Waals surface area contributed by atoms with E-state index >= 15 is 0 Å². The molecule has 0 aliphatic heterocycles. The van der Waals surface area contributed by atoms with Crippen molar-refractivity contribution in [2.45, 2.75) is 45.6 Å². The summed E-state index contributed by atoms with van der Waals surface area (Å²) in [6.45, 7) is 4.52. The standard InChI is InChI=1S/C20H29N3O3/c1-14(2)17(23-19(25)16-8-4-3-5-9-16)20(26)22-13-12-21-18(24)15-10-6-7-11-15/h3-5,8-9,14-15,17H,6-7,10-13H2,1-2H3,(H,21,24)(H,22,26)(H,23,25). The molecule has 2 rings (SSSR count). The van der Waals surface area contributed by atoms with Crippen LogP contribution in [0.25, 0.3) is 0 Å². The first-order chi connectivity index (χ1) is 12.5. The van der Waals surface area contributed by atoms with E-state index in [9.17, 15) is 14.4 Å². The number of rotatable bonds is 8. The monoisotopic (exact) mass is 359 g/mol. The fourth-order valence-electron chi connectivity index (χ4n) is 3.16. The van der Waals surface area contributed by atoms with E-state index in [-0.39, 0.29) is 29.6 Å². The van der Waals surface area contributed by atoms with Gasteiger partial charge in [-0.3, -0.25) is 14.4 Å². The summed E-state index contributed by atoms with van der Waals surface area (Å²) in [6, 6.07) is 8.21. The molecule has 1 fully saturated rings. The van der Waals surface area contributed by atoms with Gasteiger partial charge in [0.25, 0.3) is 5.91 Å². The Hall–Kier alpha value is -2.37. The molecule has 3 N–H and O–H groups in total. The second kappa shape index (κ2) is 9.94. The van der Waals surface area contributed by atoms with Crippen LogP contribution in [0.2, 0.25) is 0 Å². The summed E-state index contributed by atoms with van der Waals surface area (Å²) in [5.74, 6) is -0.349. The van der Waals surface area contributed by atoms with Crippen molar-refractivity contribution in [3.8, 4) is 0 Å². The molecular weight excluding hydrogens is 330 g/mol. The average molecular weight is 359 g/mol. The van der Waals surface area contributed by atoms with Crippen molar-refractivity contribution < 1.29 is 14.4 Å². The molecule has 0 heterocycles. The van der Waals surface area contributed by atoms with E-state index < -0.39 is 6.04 Å². The lowest BCUT2D eigenvalue weighted by Crippen LogP contribution is -2.51. The molecular formula is C20H29N3O3. The maximum absolute atomic E-state index is 12.4. The summed E-state index contributed by atoms with van der Waals surface area (Å²) >= 11 is 0. The molecule has 0 radical (unpaired) electrons. The second-order valence-electron chi connectivity index (χ2n) is 7.12. The van der Waals surface area contributed by atoms with Crippen molar-refractivity contribution >= 4 is 17.7 Å². The molecule has 3 amide bonds. The van der Waals surface area contributed by atoms with Crippen LogP contribution in [0.1, 0.15) is 49.9 Å². The molecule has 1 aromatic rings. The highest BCUT2D eigenvalue weighted by atomic mass is 16.2. The molecule has 1 saturated carbocycles. The SMILES string of the molecule is CC(C)C(NC(=O)c1ccccc1)C(=O)NCCNC(=O)C1CCCC1. The summed E-state index contributed by atoms with van der Waals surface area (Å²) in [6.07, 6.45) is 4.15. The van der Waals surface area contributed by atoms with Gasteiger partial charge in [-0.2, -0.15) is 0 Å². The van der Waals surface area contributed by atoms with Gasteiger partial charge in [0.2, 0.25) is 11.8 Å². The van der Waals surface area contributed by atoms with Crippen molar-refractivity contribution in [2.75, 3.05) is 13.1 Å². The zero-order valence-electron chi connectivity index (χ0n) is 15.6. The minimum atomic E-state index is -0.617. The number of hydrogen-bond donors (Lipinski definition) is 3. The lowest BCUT2D eigenvalue weighted by atomic mass is 10.0. The Morgan fingerprint density at radius 1 is 1.00 bits per heavy atom. The molecule has 0 saturated heterocycles. The number of benzene rings is 1. The summed E-state index contributed by atoms with van der Waals surface area (Å²) in [4.78, 5) is 36.6. The van der Waals surface area contributed by atoms with Crippen molar-refractivity contribution in [3.63, 3.8) is 0 Å². The third kappa shape index (κ3) is 5.86. The Bertz CT molecular complexity index is 610. The normalized spacial score (nSPS) is 15.5. The second-order valence-corrected chi connectivity index (χ2v) is 7.12. The maximum atomic E-state index is 12.4. The van der Waals surface area contributed by atoms with Crippen LogP contribution in [-0.2, 0) is 9.59 Å². The van der Waals surface area contributed by atoms with Crippen LogP contribution in [0.5, 0.6) is 0 Å². The van der Waals surface area contributed by atoms with Crippen LogP contribution in [0.4, 0.5) is 0 Å². The minimum Gasteiger partial charge on any atom is -0.354 e. The van der Waals surface area contributed by atoms with Crippen LogP contribution in [0, 0.1) is 11.8 Å². The fourth-order valence-corrected chi connectivity index (χ4v) is 3.16. The summed E-state index contributed by atoms with van der Waals surface area (Å²) < 4.78 is 0. The molecule has 0 spiro atoms. The van der Waals surface area contributed by atoms with Crippen molar-refractivity contribution in [3.05, 3.63) is 35.9 Å². The van der Waals surface area contributed by atoms with Gasteiger partial charge >= 0.3 is 0 Å². The molecule has 142 valence electrons. The zero-order chi connectivity index (χ0) is 18.9. The van der Waals surface area contributed by atoms with Gasteiger partial charge in [0.05, 0.1) is 0 Å². The molecule has 1 aromatic carbocycles. The number of carbonyl (C=O) groups is 3. The lowest BCUT2D eigenvalue weighted by Gasteiger charge is -2.22. The third-order valence-corrected chi connectivity index (χ3v) is 4.72. The molecule has 0 aromatic heterocycles. The van der Waals surface area contributed by atoms with Gasteiger partial charge in [-0.1, -0.05) is 44.9 Å². The molecule has 6 nitrogen and oxygen atoms in total. The van der Waals surface area contributed by atoms with E-state index in [1.54, 1.807) is 24.3 Å². The Morgan fingerprint density at radius 2 is 1.62 bits per heavy atom. The first kappa shape index (κ1) is 19.9. The maximum Gasteiger partial charge on any atom is 0.251 e. The van der Waals surface area contributed by atoms with E-state index in [0.717, 1.165) is 25.7 Å². The molecule has 0 bridgehead atoms. The predicted molar refractivity (Wildman–Crippen MR) is 101 cm³/mol. The first-order valence-corrected chi connectivity index (χ1v) is 9.40. The summed E-state index contributed by atoms with van der Waals surface area (Å²) in [7, 11) is 0. The fraction of sp³-hybridized carbons (Fsp3) is 0.550. The highest BCUT2D eigenvalue weighted by Crippen LogP contribution is 2.24. The Balaban J connectivity index is 1.77. The van der Waals surface area contributed by atoms with Crippen LogP contribution in [-0.4, -0.2) is 36.9 Å². The van der Waals surface area contributed by atoms with E-state index in [0.29, 0.717) is 18.7 Å². The van der Waals surface area contributed by atoms with Crippen LogP contribution in [0.3, 0.4) is 0 Å². The molecule has 26 heavy (non-hydrogen) atoms. The number of carbonyl (C=O) groups excluding carboxylic acids is 3. The number of nitrogens with one attached hydrogen (secondary N) is 3. The molecule has 1 atom stereocenters. The van der Waals surface area contributed by atoms with Gasteiger partial charge in [-0.25, -0.2) is 0 Å². The smallest absolute Gasteiger partial charge is 0.251 e. The average Bonchev–Trinajstić information content (AvgIpc) is 3.18. The van der Waals surface area contributed by atoms with Gasteiger partial charge in [-0.05, 0) is 30.9 Å². The molecule has 1 aliphatic carbocycles. The predicted octanol–water partition coefficient (Wildman–Crippen LogP) is 1.86. The molecule has 6 heteroatoms. The largest absolute Gasteiger partial charge is 0.354 e. The Labute approximate surface area is 155 Å². The van der Waals surface area contributed by atoms with E-state index in [1.165, 1.54) is 0 Å². The quantitative estimate of drug-likeness (QED) is 0.619. The topological polar surface area (TPSA) is 87.3 Å². The summed E-state index contributed by atoms with van der Waals surface area (Å²) in [5.41, 5.74) is 0.523. The first-order valence-electron chi connectivity index (χ1n) is 9.40. The van der Waals surface area contributed by atoms with E-state index in [1.807, 2.05) is 19.9 Å². The molecule has 1 aliphatic rings. The number of hydrogen-bond acceptors (Lipinski definition) is 3. The zero-order valence-corrected chi connectivity index (χ0v) is 15.6. The van der Waals surface area contributed by atoms with Crippen molar-refractivity contribution in [2.24, 2.45) is 11.8 Å². The Kier molecular flexibility index (Phi) is 7.63. The molecule has 1 unspecified atom stereocenters. The Morgan fingerprint density at radius 3 is 2.23 bits per heavy atom. The van der Waals surface area contributed by atoms with Crippen LogP contribution < -0.4 is 16.0 Å². The lowest BCUT2D eigenvalue weighted by molar-refractivity contribution is -0.126. The van der Waals surface area contributed by atoms with Gasteiger partial charge < -0.3 is 16.0 Å². The van der Waals surface area contributed by atoms with Crippen molar-refractivity contribution in [1.29, 1.82) is 0 Å². The van der Waals surface area contributed by atoms with Gasteiger partial charge in [0, 0.05) is 24.6 Å². The van der Waals surface area contributed by atoms with Gasteiger partial charge in [-0.15, -0.1) is 0 Å². The number of amides is 3. The van der Waals surface area contributed by atoms with E-state index in [4.69, 9.17) is 0 Å². The van der Waals surface area contributed by atoms with E-state index in [2.05, 4.69) is 16.0 Å². The van der Waals surface area contributed by atoms with Gasteiger partial charge in [0.15, 0.2) is 0 Å². The third-order valence-electron chi connectivity index (χ3n) is 4.72. The highest BCUT2D eigenvalue weighted by molar-refractivity contribution is 5.97. The van der Waals surface area contributed by atoms with Crippen LogP contribution in [0.15, 0.2) is 30.3 Å².